The first-order valence-electron chi connectivity index (χ1n) is 12.5. The molecule has 1 aromatic rings. The lowest BCUT2D eigenvalue weighted by Crippen LogP contribution is -2.55. The average Bonchev–Trinajstić information content (AvgIpc) is 3.64. The van der Waals surface area contributed by atoms with Gasteiger partial charge in [0, 0.05) is 41.9 Å². The number of carbonyl (C=O) groups excluding carboxylic acids is 1. The van der Waals surface area contributed by atoms with Crippen LogP contribution >= 0.6 is 0 Å². The standard InChI is InChI=1S/C28H35F3N4O/c1-5-23-24(19(3)33-22-15-27(16-22)11-7-13-35(4)17-27)14-21(34-25(23)18(2)28(29,30)31)8-6-12-32-26(36)20-9-10-20/h5-6,8,14,20,22,33H,1-3,7,9-13,15-17H2,4H3,(H,32,36)/b8-6+. The number of piperidine rings is 1. The summed E-state index contributed by atoms with van der Waals surface area (Å²) in [7, 11) is 2.15. The van der Waals surface area contributed by atoms with Crippen LogP contribution in [0.2, 0.25) is 0 Å². The van der Waals surface area contributed by atoms with E-state index in [1.807, 2.05) is 0 Å². The molecular weight excluding hydrogens is 465 g/mol. The van der Waals surface area contributed by atoms with E-state index in [-0.39, 0.29) is 35.7 Å². The first-order chi connectivity index (χ1) is 17.0. The number of likely N-dealkylation sites (tertiary alicyclic amines) is 1. The van der Waals surface area contributed by atoms with Crippen molar-refractivity contribution in [1.29, 1.82) is 0 Å². The van der Waals surface area contributed by atoms with Gasteiger partial charge in [-0.2, -0.15) is 13.2 Å². The molecule has 2 saturated carbocycles. The predicted molar refractivity (Wildman–Crippen MR) is 139 cm³/mol. The maximum absolute atomic E-state index is 13.6. The lowest BCUT2D eigenvalue weighted by atomic mass is 9.61. The van der Waals surface area contributed by atoms with Gasteiger partial charge in [0.1, 0.15) is 0 Å². The number of halogens is 3. The molecule has 2 aliphatic carbocycles. The SMILES string of the molecule is C=Cc1c(C(=C)NC2CC3(CCCN(C)C3)C2)cc(/C=C/CNC(=O)C2CC2)nc1C(=C)C(F)(F)F. The normalized spacial score (nSPS) is 24.4. The summed E-state index contributed by atoms with van der Waals surface area (Å²) in [4.78, 5) is 18.4. The maximum Gasteiger partial charge on any atom is 0.417 e. The molecule has 194 valence electrons. The van der Waals surface area contributed by atoms with Crippen LogP contribution in [-0.4, -0.2) is 54.7 Å². The highest BCUT2D eigenvalue weighted by Gasteiger charge is 2.46. The fraction of sp³-hybridized carbons (Fsp3) is 0.500. The zero-order valence-electron chi connectivity index (χ0n) is 20.9. The molecule has 5 nitrogen and oxygen atoms in total. The Kier molecular flexibility index (Phi) is 7.46. The summed E-state index contributed by atoms with van der Waals surface area (Å²) in [6, 6.07) is 1.93. The van der Waals surface area contributed by atoms with Crippen molar-refractivity contribution in [3.8, 4) is 0 Å². The summed E-state index contributed by atoms with van der Waals surface area (Å²) in [5, 5.41) is 6.26. The topological polar surface area (TPSA) is 57.3 Å². The van der Waals surface area contributed by atoms with Crippen molar-refractivity contribution in [2.45, 2.75) is 50.7 Å². The number of carbonyl (C=O) groups is 1. The van der Waals surface area contributed by atoms with Crippen molar-refractivity contribution in [2.75, 3.05) is 26.7 Å². The van der Waals surface area contributed by atoms with Crippen molar-refractivity contribution in [3.63, 3.8) is 0 Å². The summed E-state index contributed by atoms with van der Waals surface area (Å²) < 4.78 is 40.9. The molecule has 1 amide bonds. The number of allylic oxidation sites excluding steroid dienone is 1. The smallest absolute Gasteiger partial charge is 0.382 e. The minimum atomic E-state index is -4.63. The number of aromatic nitrogens is 1. The molecule has 0 unspecified atom stereocenters. The summed E-state index contributed by atoms with van der Waals surface area (Å²) in [5.74, 6) is 0.0900. The third-order valence-corrected chi connectivity index (χ3v) is 7.46. The van der Waals surface area contributed by atoms with E-state index in [1.54, 1.807) is 18.2 Å². The highest BCUT2D eigenvalue weighted by atomic mass is 19.4. The van der Waals surface area contributed by atoms with Crippen LogP contribution in [0.25, 0.3) is 23.4 Å². The van der Waals surface area contributed by atoms with Gasteiger partial charge in [-0.1, -0.05) is 31.9 Å². The number of nitrogens with zero attached hydrogens (tertiary/aromatic N) is 2. The van der Waals surface area contributed by atoms with E-state index in [0.29, 0.717) is 22.4 Å². The van der Waals surface area contributed by atoms with Gasteiger partial charge < -0.3 is 15.5 Å². The highest BCUT2D eigenvalue weighted by molar-refractivity contribution is 5.82. The van der Waals surface area contributed by atoms with Gasteiger partial charge in [0.15, 0.2) is 0 Å². The van der Waals surface area contributed by atoms with Gasteiger partial charge in [-0.15, -0.1) is 0 Å². The molecule has 1 spiro atoms. The van der Waals surface area contributed by atoms with Crippen molar-refractivity contribution >= 4 is 29.3 Å². The first kappa shape index (κ1) is 26.2. The van der Waals surface area contributed by atoms with Crippen LogP contribution in [0.15, 0.2) is 31.9 Å². The summed E-state index contributed by atoms with van der Waals surface area (Å²) in [6.45, 7) is 13.7. The molecular formula is C28H35F3N4O. The molecule has 4 rings (SSSR count). The van der Waals surface area contributed by atoms with Crippen LogP contribution in [0.4, 0.5) is 13.2 Å². The van der Waals surface area contributed by atoms with Crippen LogP contribution < -0.4 is 10.6 Å². The molecule has 1 aromatic heterocycles. The van der Waals surface area contributed by atoms with E-state index in [1.165, 1.54) is 18.9 Å². The van der Waals surface area contributed by atoms with Gasteiger partial charge in [0.05, 0.1) is 17.0 Å². The fourth-order valence-corrected chi connectivity index (χ4v) is 5.51. The molecule has 1 saturated heterocycles. The second-order valence-electron chi connectivity index (χ2n) is 10.5. The van der Waals surface area contributed by atoms with E-state index in [2.05, 4.69) is 47.3 Å². The van der Waals surface area contributed by atoms with Crippen molar-refractivity contribution in [2.24, 2.45) is 11.3 Å². The summed E-state index contributed by atoms with van der Waals surface area (Å²) in [5.41, 5.74) is 0.668. The van der Waals surface area contributed by atoms with E-state index in [4.69, 9.17) is 0 Å². The number of rotatable bonds is 9. The Balaban J connectivity index is 1.53. The quantitative estimate of drug-likeness (QED) is 0.485. The zero-order valence-corrected chi connectivity index (χ0v) is 20.9. The van der Waals surface area contributed by atoms with Crippen LogP contribution in [-0.2, 0) is 4.79 Å². The Morgan fingerprint density at radius 2 is 2.03 bits per heavy atom. The van der Waals surface area contributed by atoms with Crippen molar-refractivity contribution in [1.82, 2.24) is 20.5 Å². The van der Waals surface area contributed by atoms with Crippen molar-refractivity contribution in [3.05, 3.63) is 54.4 Å². The molecule has 3 fully saturated rings. The Labute approximate surface area is 211 Å². The third-order valence-electron chi connectivity index (χ3n) is 7.46. The lowest BCUT2D eigenvalue weighted by Gasteiger charge is -2.53. The Morgan fingerprint density at radius 1 is 1.31 bits per heavy atom. The number of pyridine rings is 1. The number of hydrogen-bond donors (Lipinski definition) is 2. The largest absolute Gasteiger partial charge is 0.417 e. The van der Waals surface area contributed by atoms with Crippen molar-refractivity contribution < 1.29 is 18.0 Å². The molecule has 1 aliphatic heterocycles. The van der Waals surface area contributed by atoms with Gasteiger partial charge in [0.25, 0.3) is 0 Å². The predicted octanol–water partition coefficient (Wildman–Crippen LogP) is 5.27. The van der Waals surface area contributed by atoms with Gasteiger partial charge >= 0.3 is 6.18 Å². The second-order valence-corrected chi connectivity index (χ2v) is 10.5. The molecule has 0 radical (unpaired) electrons. The Bertz CT molecular complexity index is 1080. The number of amides is 1. The number of hydrogen-bond acceptors (Lipinski definition) is 4. The molecule has 8 heteroatoms. The van der Waals surface area contributed by atoms with Crippen LogP contribution in [0, 0.1) is 11.3 Å². The molecule has 36 heavy (non-hydrogen) atoms. The van der Waals surface area contributed by atoms with E-state index < -0.39 is 11.7 Å². The van der Waals surface area contributed by atoms with E-state index in [0.717, 1.165) is 38.8 Å². The van der Waals surface area contributed by atoms with Crippen LogP contribution in [0.5, 0.6) is 0 Å². The average molecular weight is 501 g/mol. The minimum absolute atomic E-state index is 0.00134. The maximum atomic E-state index is 13.6. The van der Waals surface area contributed by atoms with Crippen LogP contribution in [0.1, 0.15) is 61.0 Å². The van der Waals surface area contributed by atoms with Crippen LogP contribution in [0.3, 0.4) is 0 Å². The molecule has 0 atom stereocenters. The Morgan fingerprint density at radius 3 is 2.64 bits per heavy atom. The lowest BCUT2D eigenvalue weighted by molar-refractivity contribution is -0.122. The number of alkyl halides is 3. The third kappa shape index (κ3) is 5.91. The monoisotopic (exact) mass is 500 g/mol. The molecule has 3 aliphatic rings. The van der Waals surface area contributed by atoms with E-state index in [9.17, 15) is 18.0 Å². The zero-order chi connectivity index (χ0) is 26.1. The number of nitrogens with one attached hydrogen (secondary N) is 2. The molecule has 2 N–H and O–H groups in total. The van der Waals surface area contributed by atoms with Gasteiger partial charge in [-0.05, 0) is 69.7 Å². The molecule has 0 aromatic carbocycles. The Hall–Kier alpha value is -2.87. The summed E-state index contributed by atoms with van der Waals surface area (Å²) in [6.07, 6.45) is 6.27. The molecule has 0 bridgehead atoms. The summed E-state index contributed by atoms with van der Waals surface area (Å²) >= 11 is 0. The molecule has 2 heterocycles. The highest BCUT2D eigenvalue weighted by Crippen LogP contribution is 2.48. The fourth-order valence-electron chi connectivity index (χ4n) is 5.51. The second kappa shape index (κ2) is 10.2. The van der Waals surface area contributed by atoms with Gasteiger partial charge in [-0.25, -0.2) is 4.98 Å². The van der Waals surface area contributed by atoms with Gasteiger partial charge in [-0.3, -0.25) is 4.79 Å². The minimum Gasteiger partial charge on any atom is -0.382 e. The first-order valence-corrected chi connectivity index (χ1v) is 12.5. The van der Waals surface area contributed by atoms with Gasteiger partial charge in [0.2, 0.25) is 5.91 Å². The van der Waals surface area contributed by atoms with E-state index >= 15 is 0 Å².